The summed E-state index contributed by atoms with van der Waals surface area (Å²) < 4.78 is 6.41. The van der Waals surface area contributed by atoms with Crippen LogP contribution in [0.5, 0.6) is 0 Å². The number of hydrogen-bond acceptors (Lipinski definition) is 4. The van der Waals surface area contributed by atoms with Crippen LogP contribution in [0.4, 0.5) is 0 Å². The Hall–Kier alpha value is -2.11. The summed E-state index contributed by atoms with van der Waals surface area (Å²) in [5.41, 5.74) is 0.866. The first-order valence-electron chi connectivity index (χ1n) is 7.15. The van der Waals surface area contributed by atoms with Crippen LogP contribution in [0.25, 0.3) is 6.08 Å². The molecule has 1 saturated heterocycles. The molecule has 1 unspecified atom stereocenters. The minimum absolute atomic E-state index is 0.0603. The zero-order chi connectivity index (χ0) is 15.2. The van der Waals surface area contributed by atoms with Crippen molar-refractivity contribution in [2.45, 2.75) is 31.7 Å². The zero-order valence-corrected chi connectivity index (χ0v) is 12.5. The number of likely N-dealkylation sites (tertiary alicyclic amines) is 1. The van der Waals surface area contributed by atoms with Gasteiger partial charge < -0.3 is 9.64 Å². The SMILES string of the molecule is COC(=O)CC1CCCCN1C(=O)/C=C/c1ccnn1C. The lowest BCUT2D eigenvalue weighted by Gasteiger charge is -2.34. The van der Waals surface area contributed by atoms with Crippen LogP contribution in [-0.2, 0) is 21.4 Å². The highest BCUT2D eigenvalue weighted by Crippen LogP contribution is 2.20. The number of ether oxygens (including phenoxy) is 1. The predicted molar refractivity (Wildman–Crippen MR) is 78.2 cm³/mol. The van der Waals surface area contributed by atoms with E-state index in [2.05, 4.69) is 5.10 Å². The summed E-state index contributed by atoms with van der Waals surface area (Å²) in [6, 6.07) is 1.78. The number of esters is 1. The minimum atomic E-state index is -0.268. The number of aromatic nitrogens is 2. The Morgan fingerprint density at radius 1 is 1.48 bits per heavy atom. The van der Waals surface area contributed by atoms with Crippen LogP contribution in [0.1, 0.15) is 31.4 Å². The molecule has 0 aliphatic carbocycles. The van der Waals surface area contributed by atoms with Gasteiger partial charge in [-0.1, -0.05) is 0 Å². The van der Waals surface area contributed by atoms with Crippen molar-refractivity contribution < 1.29 is 14.3 Å². The molecule has 1 aliphatic rings. The minimum Gasteiger partial charge on any atom is -0.469 e. The fraction of sp³-hybridized carbons (Fsp3) is 0.533. The van der Waals surface area contributed by atoms with Crippen LogP contribution >= 0.6 is 0 Å². The van der Waals surface area contributed by atoms with Crippen molar-refractivity contribution in [3.8, 4) is 0 Å². The third kappa shape index (κ3) is 3.93. The Kier molecular flexibility index (Phi) is 5.14. The predicted octanol–water partition coefficient (Wildman–Crippen LogP) is 1.38. The maximum absolute atomic E-state index is 12.3. The fourth-order valence-corrected chi connectivity index (χ4v) is 2.58. The summed E-state index contributed by atoms with van der Waals surface area (Å²) in [4.78, 5) is 25.6. The Labute approximate surface area is 124 Å². The van der Waals surface area contributed by atoms with E-state index in [1.54, 1.807) is 27.9 Å². The molecule has 0 saturated carbocycles. The summed E-state index contributed by atoms with van der Waals surface area (Å²) in [6.45, 7) is 0.691. The lowest BCUT2D eigenvalue weighted by molar-refractivity contribution is -0.143. The molecule has 0 radical (unpaired) electrons. The van der Waals surface area contributed by atoms with Gasteiger partial charge in [0.1, 0.15) is 0 Å². The number of amides is 1. The maximum Gasteiger partial charge on any atom is 0.307 e. The molecule has 1 atom stereocenters. The number of carbonyl (C=O) groups is 2. The first-order valence-corrected chi connectivity index (χ1v) is 7.15. The van der Waals surface area contributed by atoms with Gasteiger partial charge in [0.25, 0.3) is 0 Å². The highest BCUT2D eigenvalue weighted by Gasteiger charge is 2.27. The molecule has 0 N–H and O–H groups in total. The van der Waals surface area contributed by atoms with Gasteiger partial charge >= 0.3 is 5.97 Å². The van der Waals surface area contributed by atoms with Crippen LogP contribution in [0.3, 0.4) is 0 Å². The van der Waals surface area contributed by atoms with Gasteiger partial charge in [-0.3, -0.25) is 14.3 Å². The van der Waals surface area contributed by atoms with Crippen LogP contribution < -0.4 is 0 Å². The smallest absolute Gasteiger partial charge is 0.307 e. The van der Waals surface area contributed by atoms with Gasteiger partial charge in [-0.15, -0.1) is 0 Å². The normalized spacial score (nSPS) is 19.0. The van der Waals surface area contributed by atoms with E-state index < -0.39 is 0 Å². The van der Waals surface area contributed by atoms with Crippen molar-refractivity contribution in [1.29, 1.82) is 0 Å². The third-order valence-corrected chi connectivity index (χ3v) is 3.80. The highest BCUT2D eigenvalue weighted by atomic mass is 16.5. The fourth-order valence-electron chi connectivity index (χ4n) is 2.58. The van der Waals surface area contributed by atoms with Gasteiger partial charge in [0.05, 0.1) is 19.2 Å². The van der Waals surface area contributed by atoms with E-state index in [0.29, 0.717) is 6.54 Å². The molecule has 2 heterocycles. The standard InChI is InChI=1S/C15H21N3O3/c1-17-12(8-9-16-17)6-7-14(19)18-10-4-3-5-13(18)11-15(20)21-2/h6-9,13H,3-5,10-11H2,1-2H3/b7-6+. The van der Waals surface area contributed by atoms with E-state index in [0.717, 1.165) is 25.0 Å². The van der Waals surface area contributed by atoms with Crippen molar-refractivity contribution in [2.75, 3.05) is 13.7 Å². The van der Waals surface area contributed by atoms with E-state index >= 15 is 0 Å². The number of nitrogens with zero attached hydrogens (tertiary/aromatic N) is 3. The van der Waals surface area contributed by atoms with E-state index in [4.69, 9.17) is 4.74 Å². The van der Waals surface area contributed by atoms with E-state index in [1.165, 1.54) is 7.11 Å². The molecule has 6 heteroatoms. The highest BCUT2D eigenvalue weighted by molar-refractivity contribution is 5.92. The van der Waals surface area contributed by atoms with Crippen LogP contribution in [0.2, 0.25) is 0 Å². The Morgan fingerprint density at radius 2 is 2.29 bits per heavy atom. The van der Waals surface area contributed by atoms with Gasteiger partial charge in [-0.05, 0) is 31.4 Å². The maximum atomic E-state index is 12.3. The molecule has 0 bridgehead atoms. The number of aryl methyl sites for hydroxylation is 1. The van der Waals surface area contributed by atoms with Gasteiger partial charge in [0, 0.05) is 31.9 Å². The number of rotatable bonds is 4. The molecule has 1 fully saturated rings. The molecule has 114 valence electrons. The monoisotopic (exact) mass is 291 g/mol. The molecule has 2 rings (SSSR count). The summed E-state index contributed by atoms with van der Waals surface area (Å²) in [7, 11) is 3.20. The Balaban J connectivity index is 2.03. The van der Waals surface area contributed by atoms with Crippen molar-refractivity contribution in [2.24, 2.45) is 7.05 Å². The van der Waals surface area contributed by atoms with Crippen molar-refractivity contribution >= 4 is 18.0 Å². The average molecular weight is 291 g/mol. The largest absolute Gasteiger partial charge is 0.469 e. The van der Waals surface area contributed by atoms with Gasteiger partial charge in [0.15, 0.2) is 0 Å². The summed E-state index contributed by atoms with van der Waals surface area (Å²) in [6.07, 6.45) is 8.11. The molecular weight excluding hydrogens is 270 g/mol. The van der Waals surface area contributed by atoms with Gasteiger partial charge in [-0.25, -0.2) is 0 Å². The second kappa shape index (κ2) is 7.06. The number of carbonyl (C=O) groups excluding carboxylic acids is 2. The van der Waals surface area contributed by atoms with Gasteiger partial charge in [-0.2, -0.15) is 5.10 Å². The number of piperidine rings is 1. The topological polar surface area (TPSA) is 64.4 Å². The zero-order valence-electron chi connectivity index (χ0n) is 12.5. The molecule has 0 aromatic carbocycles. The van der Waals surface area contributed by atoms with Crippen LogP contribution in [0.15, 0.2) is 18.3 Å². The summed E-state index contributed by atoms with van der Waals surface area (Å²) >= 11 is 0. The lowest BCUT2D eigenvalue weighted by Crippen LogP contribution is -2.44. The molecule has 1 aromatic heterocycles. The lowest BCUT2D eigenvalue weighted by atomic mass is 9.99. The quantitative estimate of drug-likeness (QED) is 0.621. The van der Waals surface area contributed by atoms with Gasteiger partial charge in [0.2, 0.25) is 5.91 Å². The van der Waals surface area contributed by atoms with E-state index in [1.807, 2.05) is 13.1 Å². The molecule has 21 heavy (non-hydrogen) atoms. The number of methoxy groups -OCH3 is 1. The van der Waals surface area contributed by atoms with Crippen molar-refractivity contribution in [3.63, 3.8) is 0 Å². The van der Waals surface area contributed by atoms with Crippen LogP contribution in [-0.4, -0.2) is 46.3 Å². The molecule has 1 aromatic rings. The third-order valence-electron chi connectivity index (χ3n) is 3.80. The van der Waals surface area contributed by atoms with Crippen LogP contribution in [0, 0.1) is 0 Å². The van der Waals surface area contributed by atoms with E-state index in [-0.39, 0.29) is 24.3 Å². The summed E-state index contributed by atoms with van der Waals surface area (Å²) in [5, 5.41) is 4.05. The summed E-state index contributed by atoms with van der Waals surface area (Å²) in [5.74, 6) is -0.333. The molecular formula is C15H21N3O3. The Morgan fingerprint density at radius 3 is 2.95 bits per heavy atom. The molecule has 1 amide bonds. The second-order valence-corrected chi connectivity index (χ2v) is 5.17. The number of hydrogen-bond donors (Lipinski definition) is 0. The molecule has 6 nitrogen and oxygen atoms in total. The first kappa shape index (κ1) is 15.3. The molecule has 1 aliphatic heterocycles. The second-order valence-electron chi connectivity index (χ2n) is 5.17. The Bertz CT molecular complexity index is 536. The first-order chi connectivity index (χ1) is 10.1. The molecule has 0 spiro atoms. The van der Waals surface area contributed by atoms with E-state index in [9.17, 15) is 9.59 Å². The van der Waals surface area contributed by atoms with Crippen molar-refractivity contribution in [1.82, 2.24) is 14.7 Å². The average Bonchev–Trinajstić information content (AvgIpc) is 2.90. The van der Waals surface area contributed by atoms with Crippen molar-refractivity contribution in [3.05, 3.63) is 24.0 Å².